The van der Waals surface area contributed by atoms with Gasteiger partial charge in [0.15, 0.2) is 0 Å². The van der Waals surface area contributed by atoms with Crippen LogP contribution >= 0.6 is 0 Å². The average Bonchev–Trinajstić information content (AvgIpc) is 2.94. The van der Waals surface area contributed by atoms with Crippen LogP contribution in [0.15, 0.2) is 0 Å². The molecule has 1 saturated carbocycles. The summed E-state index contributed by atoms with van der Waals surface area (Å²) in [5, 5.41) is 3.47. The number of nitrogens with one attached hydrogen (secondary N) is 1. The minimum absolute atomic E-state index is 0.0535. The molecule has 0 aliphatic heterocycles. The van der Waals surface area contributed by atoms with Crippen molar-refractivity contribution in [2.75, 3.05) is 19.7 Å². The SMILES string of the molecule is CCOC(=O)CCCCCNCC1CC1C. The molecule has 1 aliphatic carbocycles. The van der Waals surface area contributed by atoms with Crippen molar-refractivity contribution in [2.45, 2.75) is 46.0 Å². The Morgan fingerprint density at radius 2 is 2.12 bits per heavy atom. The van der Waals surface area contributed by atoms with Crippen LogP contribution in [0.4, 0.5) is 0 Å². The molecule has 1 fully saturated rings. The Bertz CT molecular complexity index is 206. The van der Waals surface area contributed by atoms with Gasteiger partial charge in [0, 0.05) is 6.42 Å². The summed E-state index contributed by atoms with van der Waals surface area (Å²) in [6.07, 6.45) is 5.22. The van der Waals surface area contributed by atoms with Gasteiger partial charge in [-0.05, 0) is 51.1 Å². The Balaban J connectivity index is 1.76. The van der Waals surface area contributed by atoms with E-state index in [1.54, 1.807) is 0 Å². The summed E-state index contributed by atoms with van der Waals surface area (Å²) in [4.78, 5) is 11.0. The van der Waals surface area contributed by atoms with Crippen molar-refractivity contribution < 1.29 is 9.53 Å². The molecule has 16 heavy (non-hydrogen) atoms. The highest BCUT2D eigenvalue weighted by atomic mass is 16.5. The van der Waals surface area contributed by atoms with Gasteiger partial charge >= 0.3 is 5.97 Å². The first-order chi connectivity index (χ1) is 7.74. The number of hydrogen-bond donors (Lipinski definition) is 1. The number of unbranched alkanes of at least 4 members (excludes halogenated alkanes) is 2. The molecule has 0 heterocycles. The van der Waals surface area contributed by atoms with E-state index in [9.17, 15) is 4.79 Å². The number of carbonyl (C=O) groups is 1. The van der Waals surface area contributed by atoms with Crippen LogP contribution in [0.1, 0.15) is 46.0 Å². The second kappa shape index (κ2) is 7.66. The van der Waals surface area contributed by atoms with Gasteiger partial charge in [0.25, 0.3) is 0 Å². The molecular formula is C13H25NO2. The van der Waals surface area contributed by atoms with Crippen molar-refractivity contribution in [3.63, 3.8) is 0 Å². The van der Waals surface area contributed by atoms with Crippen LogP contribution in [0, 0.1) is 11.8 Å². The second-order valence-corrected chi connectivity index (χ2v) is 4.79. The van der Waals surface area contributed by atoms with E-state index in [0.29, 0.717) is 13.0 Å². The number of carbonyl (C=O) groups excluding carboxylic acids is 1. The van der Waals surface area contributed by atoms with Crippen LogP contribution in [0.5, 0.6) is 0 Å². The normalized spacial score (nSPS) is 23.1. The Morgan fingerprint density at radius 3 is 2.75 bits per heavy atom. The molecule has 0 aromatic carbocycles. The Labute approximate surface area is 98.9 Å². The first kappa shape index (κ1) is 13.5. The van der Waals surface area contributed by atoms with Crippen LogP contribution in [0.3, 0.4) is 0 Å². The van der Waals surface area contributed by atoms with Gasteiger partial charge in [0.2, 0.25) is 0 Å². The molecule has 1 N–H and O–H groups in total. The van der Waals surface area contributed by atoms with Crippen LogP contribution in [0.25, 0.3) is 0 Å². The van der Waals surface area contributed by atoms with E-state index >= 15 is 0 Å². The fourth-order valence-electron chi connectivity index (χ4n) is 1.90. The lowest BCUT2D eigenvalue weighted by Gasteiger charge is -2.04. The fraction of sp³-hybridized carbons (Fsp3) is 0.923. The second-order valence-electron chi connectivity index (χ2n) is 4.79. The Morgan fingerprint density at radius 1 is 1.38 bits per heavy atom. The summed E-state index contributed by atoms with van der Waals surface area (Å²) >= 11 is 0. The first-order valence-corrected chi connectivity index (χ1v) is 6.60. The lowest BCUT2D eigenvalue weighted by Crippen LogP contribution is -2.18. The van der Waals surface area contributed by atoms with Gasteiger partial charge in [0.1, 0.15) is 0 Å². The zero-order valence-corrected chi connectivity index (χ0v) is 10.6. The number of hydrogen-bond acceptors (Lipinski definition) is 3. The number of ether oxygens (including phenoxy) is 1. The molecule has 1 rings (SSSR count). The third-order valence-corrected chi connectivity index (χ3v) is 3.22. The molecule has 3 nitrogen and oxygen atoms in total. The fourth-order valence-corrected chi connectivity index (χ4v) is 1.90. The molecule has 0 amide bonds. The Hall–Kier alpha value is -0.570. The van der Waals surface area contributed by atoms with Crippen molar-refractivity contribution >= 4 is 5.97 Å². The van der Waals surface area contributed by atoms with E-state index in [-0.39, 0.29) is 5.97 Å². The maximum absolute atomic E-state index is 11.0. The molecule has 2 atom stereocenters. The molecule has 2 unspecified atom stereocenters. The van der Waals surface area contributed by atoms with E-state index in [0.717, 1.165) is 31.2 Å². The minimum atomic E-state index is -0.0535. The molecule has 0 saturated heterocycles. The van der Waals surface area contributed by atoms with E-state index in [1.807, 2.05) is 6.92 Å². The summed E-state index contributed by atoms with van der Waals surface area (Å²) in [6.45, 7) is 6.93. The largest absolute Gasteiger partial charge is 0.466 e. The molecule has 1 aliphatic rings. The Kier molecular flexibility index (Phi) is 6.46. The first-order valence-electron chi connectivity index (χ1n) is 6.60. The van der Waals surface area contributed by atoms with Crippen molar-refractivity contribution in [1.29, 1.82) is 0 Å². The predicted octanol–water partition coefficient (Wildman–Crippen LogP) is 2.36. The zero-order chi connectivity index (χ0) is 11.8. The quantitative estimate of drug-likeness (QED) is 0.485. The summed E-state index contributed by atoms with van der Waals surface area (Å²) in [5.74, 6) is 1.82. The average molecular weight is 227 g/mol. The summed E-state index contributed by atoms with van der Waals surface area (Å²) in [7, 11) is 0. The topological polar surface area (TPSA) is 38.3 Å². The van der Waals surface area contributed by atoms with E-state index in [2.05, 4.69) is 12.2 Å². The minimum Gasteiger partial charge on any atom is -0.466 e. The van der Waals surface area contributed by atoms with Crippen LogP contribution in [0.2, 0.25) is 0 Å². The lowest BCUT2D eigenvalue weighted by atomic mass is 10.2. The van der Waals surface area contributed by atoms with Crippen molar-refractivity contribution in [2.24, 2.45) is 11.8 Å². The van der Waals surface area contributed by atoms with Crippen molar-refractivity contribution in [3.05, 3.63) is 0 Å². The summed E-state index contributed by atoms with van der Waals surface area (Å²) < 4.78 is 4.87. The molecule has 0 bridgehead atoms. The third-order valence-electron chi connectivity index (χ3n) is 3.22. The van der Waals surface area contributed by atoms with Crippen LogP contribution in [-0.2, 0) is 9.53 Å². The van der Waals surface area contributed by atoms with Crippen molar-refractivity contribution in [1.82, 2.24) is 5.32 Å². The highest BCUT2D eigenvalue weighted by Gasteiger charge is 2.31. The standard InChI is InChI=1S/C13H25NO2/c1-3-16-13(15)7-5-4-6-8-14-10-12-9-11(12)2/h11-12,14H,3-10H2,1-2H3. The maximum Gasteiger partial charge on any atom is 0.305 e. The molecule has 0 radical (unpaired) electrons. The smallest absolute Gasteiger partial charge is 0.305 e. The van der Waals surface area contributed by atoms with Gasteiger partial charge in [-0.2, -0.15) is 0 Å². The highest BCUT2D eigenvalue weighted by molar-refractivity contribution is 5.69. The molecule has 0 spiro atoms. The van der Waals surface area contributed by atoms with Gasteiger partial charge in [-0.3, -0.25) is 4.79 Å². The van der Waals surface area contributed by atoms with Gasteiger partial charge < -0.3 is 10.1 Å². The van der Waals surface area contributed by atoms with Gasteiger partial charge in [0.05, 0.1) is 6.61 Å². The molecule has 3 heteroatoms. The molecule has 0 aromatic rings. The number of esters is 1. The molecular weight excluding hydrogens is 202 g/mol. The molecule has 94 valence electrons. The van der Waals surface area contributed by atoms with Gasteiger partial charge in [-0.15, -0.1) is 0 Å². The monoisotopic (exact) mass is 227 g/mol. The lowest BCUT2D eigenvalue weighted by molar-refractivity contribution is -0.143. The molecule has 0 aromatic heterocycles. The highest BCUT2D eigenvalue weighted by Crippen LogP contribution is 2.36. The van der Waals surface area contributed by atoms with Gasteiger partial charge in [-0.1, -0.05) is 13.3 Å². The van der Waals surface area contributed by atoms with Gasteiger partial charge in [-0.25, -0.2) is 0 Å². The van der Waals surface area contributed by atoms with Crippen LogP contribution in [-0.4, -0.2) is 25.7 Å². The number of rotatable bonds is 9. The summed E-state index contributed by atoms with van der Waals surface area (Å²) in [5.41, 5.74) is 0. The third kappa shape index (κ3) is 6.11. The zero-order valence-electron chi connectivity index (χ0n) is 10.6. The van der Waals surface area contributed by atoms with E-state index in [4.69, 9.17) is 4.74 Å². The summed E-state index contributed by atoms with van der Waals surface area (Å²) in [6, 6.07) is 0. The van der Waals surface area contributed by atoms with Crippen LogP contribution < -0.4 is 5.32 Å². The van der Waals surface area contributed by atoms with E-state index < -0.39 is 0 Å². The predicted molar refractivity (Wildman–Crippen MR) is 65.2 cm³/mol. The van der Waals surface area contributed by atoms with E-state index in [1.165, 1.54) is 19.4 Å². The maximum atomic E-state index is 11.0. The van der Waals surface area contributed by atoms with Crippen molar-refractivity contribution in [3.8, 4) is 0 Å².